The van der Waals surface area contributed by atoms with Gasteiger partial charge in [-0.05, 0) is 31.0 Å². The highest BCUT2D eigenvalue weighted by atomic mass is 32.1. The second-order valence-electron chi connectivity index (χ2n) is 7.94. The van der Waals surface area contributed by atoms with Gasteiger partial charge in [0.2, 0.25) is 5.82 Å². The van der Waals surface area contributed by atoms with Gasteiger partial charge in [0, 0.05) is 41.7 Å². The van der Waals surface area contributed by atoms with Crippen molar-refractivity contribution in [1.29, 1.82) is 0 Å². The van der Waals surface area contributed by atoms with E-state index in [2.05, 4.69) is 29.1 Å². The van der Waals surface area contributed by atoms with Crippen molar-refractivity contribution in [3.05, 3.63) is 56.9 Å². The fourth-order valence-corrected chi connectivity index (χ4v) is 4.34. The molecular formula is C22H25N5O3S. The van der Waals surface area contributed by atoms with Gasteiger partial charge in [-0.3, -0.25) is 10.1 Å². The van der Waals surface area contributed by atoms with Crippen LogP contribution in [0.1, 0.15) is 37.6 Å². The highest BCUT2D eigenvalue weighted by Gasteiger charge is 2.22. The van der Waals surface area contributed by atoms with Crippen molar-refractivity contribution >= 4 is 34.3 Å². The summed E-state index contributed by atoms with van der Waals surface area (Å²) < 4.78 is 0. The Bertz CT molecular complexity index is 1060. The second-order valence-corrected chi connectivity index (χ2v) is 8.83. The molecule has 1 aliphatic heterocycles. The molecular weight excluding hydrogens is 414 g/mol. The van der Waals surface area contributed by atoms with Gasteiger partial charge in [-0.15, -0.1) is 11.3 Å². The Hall–Kier alpha value is -3.04. The molecule has 2 N–H and O–H groups in total. The fraction of sp³-hybridized carbons (Fsp3) is 0.364. The van der Waals surface area contributed by atoms with E-state index in [1.165, 1.54) is 6.07 Å². The van der Waals surface area contributed by atoms with E-state index in [0.717, 1.165) is 16.3 Å². The number of aromatic nitrogens is 2. The Balaban J connectivity index is 1.55. The summed E-state index contributed by atoms with van der Waals surface area (Å²) in [4.78, 5) is 22.3. The molecule has 2 aromatic heterocycles. The second kappa shape index (κ2) is 8.99. The molecule has 1 saturated heterocycles. The summed E-state index contributed by atoms with van der Waals surface area (Å²) in [5, 5.41) is 27.5. The van der Waals surface area contributed by atoms with Crippen LogP contribution in [0, 0.1) is 10.1 Å². The van der Waals surface area contributed by atoms with Crippen LogP contribution >= 0.6 is 11.3 Å². The molecule has 0 unspecified atom stereocenters. The van der Waals surface area contributed by atoms with Gasteiger partial charge in [0.15, 0.2) is 0 Å². The van der Waals surface area contributed by atoms with E-state index >= 15 is 0 Å². The van der Waals surface area contributed by atoms with Crippen LogP contribution in [0.3, 0.4) is 0 Å². The number of hydrogen-bond donors (Lipinski definition) is 2. The first-order valence-electron chi connectivity index (χ1n) is 10.3. The molecule has 0 saturated carbocycles. The lowest BCUT2D eigenvalue weighted by Crippen LogP contribution is -2.36. The van der Waals surface area contributed by atoms with Crippen molar-refractivity contribution in [2.24, 2.45) is 0 Å². The van der Waals surface area contributed by atoms with Gasteiger partial charge in [0.05, 0.1) is 21.7 Å². The quantitative estimate of drug-likeness (QED) is 0.414. The maximum absolute atomic E-state index is 11.5. The summed E-state index contributed by atoms with van der Waals surface area (Å²) in [7, 11) is 0. The van der Waals surface area contributed by atoms with Crippen LogP contribution in [0.4, 0.5) is 23.0 Å². The van der Waals surface area contributed by atoms with Crippen LogP contribution in [0.15, 0.2) is 41.8 Å². The molecule has 0 atom stereocenters. The molecule has 162 valence electrons. The number of hydrogen-bond acceptors (Lipinski definition) is 8. The van der Waals surface area contributed by atoms with Crippen molar-refractivity contribution in [2.45, 2.75) is 38.7 Å². The number of aliphatic hydroxyl groups is 1. The Morgan fingerprint density at radius 2 is 1.87 bits per heavy atom. The molecule has 4 rings (SSSR count). The van der Waals surface area contributed by atoms with Crippen LogP contribution in [-0.4, -0.2) is 39.2 Å². The van der Waals surface area contributed by atoms with E-state index in [9.17, 15) is 15.2 Å². The maximum atomic E-state index is 11.5. The topological polar surface area (TPSA) is 104 Å². The number of nitrogens with one attached hydrogen (secondary N) is 1. The Morgan fingerprint density at radius 3 is 2.48 bits per heavy atom. The summed E-state index contributed by atoms with van der Waals surface area (Å²) in [5.74, 6) is 1.26. The van der Waals surface area contributed by atoms with Crippen LogP contribution in [0.2, 0.25) is 0 Å². The maximum Gasteiger partial charge on any atom is 0.311 e. The summed E-state index contributed by atoms with van der Waals surface area (Å²) in [6, 6.07) is 10.8. The predicted octanol–water partition coefficient (Wildman–Crippen LogP) is 4.94. The number of rotatable bonds is 6. The zero-order valence-electron chi connectivity index (χ0n) is 17.5. The summed E-state index contributed by atoms with van der Waals surface area (Å²) in [6.07, 6.45) is 1.04. The number of nitro groups is 1. The van der Waals surface area contributed by atoms with Gasteiger partial charge in [-0.1, -0.05) is 26.0 Å². The number of nitrogens with zero attached hydrogens (tertiary/aromatic N) is 4. The lowest BCUT2D eigenvalue weighted by atomic mass is 10.1. The molecule has 3 aromatic rings. The van der Waals surface area contributed by atoms with Crippen molar-refractivity contribution in [3.63, 3.8) is 0 Å². The summed E-state index contributed by atoms with van der Waals surface area (Å²) in [5.41, 5.74) is 2.56. The molecule has 1 aliphatic rings. The molecule has 9 heteroatoms. The van der Waals surface area contributed by atoms with Crippen molar-refractivity contribution in [3.8, 4) is 11.3 Å². The van der Waals surface area contributed by atoms with Gasteiger partial charge in [0.1, 0.15) is 5.82 Å². The SMILES string of the molecule is CC(C)c1nc(-c2ccc(Nc3nc(N4CCC(O)CC4)ccc3[N+](=O)[O-])cc2)cs1. The molecule has 8 nitrogen and oxygen atoms in total. The number of aliphatic hydroxyl groups excluding tert-OH is 1. The minimum Gasteiger partial charge on any atom is -0.393 e. The highest BCUT2D eigenvalue weighted by molar-refractivity contribution is 7.10. The molecule has 0 spiro atoms. The van der Waals surface area contributed by atoms with E-state index < -0.39 is 4.92 Å². The van der Waals surface area contributed by atoms with E-state index in [1.54, 1.807) is 17.4 Å². The average Bonchev–Trinajstić information content (AvgIpc) is 3.25. The van der Waals surface area contributed by atoms with E-state index in [1.807, 2.05) is 34.5 Å². The van der Waals surface area contributed by atoms with Crippen LogP contribution in [-0.2, 0) is 0 Å². The third-order valence-corrected chi connectivity index (χ3v) is 6.45. The standard InChI is InChI=1S/C22H25N5O3S/c1-14(2)22-24-18(13-31-22)15-3-5-16(6-4-15)23-21-19(27(29)30)7-8-20(25-21)26-11-9-17(28)10-12-26/h3-8,13-14,17,28H,9-12H2,1-2H3,(H,23,25). The predicted molar refractivity (Wildman–Crippen MR) is 123 cm³/mol. The zero-order valence-corrected chi connectivity index (χ0v) is 18.3. The van der Waals surface area contributed by atoms with Crippen LogP contribution in [0.5, 0.6) is 0 Å². The average molecular weight is 440 g/mol. The minimum atomic E-state index is -0.434. The number of pyridine rings is 1. The van der Waals surface area contributed by atoms with Gasteiger partial charge in [0.25, 0.3) is 0 Å². The van der Waals surface area contributed by atoms with Crippen LogP contribution in [0.25, 0.3) is 11.3 Å². The third-order valence-electron chi connectivity index (χ3n) is 5.30. The molecule has 1 fully saturated rings. The third kappa shape index (κ3) is 4.83. The molecule has 0 radical (unpaired) electrons. The van der Waals surface area contributed by atoms with Gasteiger partial charge in [-0.25, -0.2) is 9.97 Å². The summed E-state index contributed by atoms with van der Waals surface area (Å²) in [6.45, 7) is 5.59. The van der Waals surface area contributed by atoms with Gasteiger partial charge in [-0.2, -0.15) is 0 Å². The van der Waals surface area contributed by atoms with E-state index in [4.69, 9.17) is 0 Å². The molecule has 31 heavy (non-hydrogen) atoms. The molecule has 3 heterocycles. The number of anilines is 3. The minimum absolute atomic E-state index is 0.0778. The lowest BCUT2D eigenvalue weighted by molar-refractivity contribution is -0.384. The summed E-state index contributed by atoms with van der Waals surface area (Å²) >= 11 is 1.65. The Kier molecular flexibility index (Phi) is 6.15. The fourth-order valence-electron chi connectivity index (χ4n) is 3.50. The monoisotopic (exact) mass is 439 g/mol. The normalized spacial score (nSPS) is 14.8. The first-order valence-corrected chi connectivity index (χ1v) is 11.2. The Labute approximate surface area is 184 Å². The molecule has 0 amide bonds. The van der Waals surface area contributed by atoms with E-state index in [-0.39, 0.29) is 17.6 Å². The number of thiazole rings is 1. The van der Waals surface area contributed by atoms with E-state index in [0.29, 0.717) is 43.4 Å². The molecule has 0 bridgehead atoms. The Morgan fingerprint density at radius 1 is 1.16 bits per heavy atom. The van der Waals surface area contributed by atoms with Gasteiger partial charge >= 0.3 is 5.69 Å². The zero-order chi connectivity index (χ0) is 22.0. The first-order chi connectivity index (χ1) is 14.9. The lowest BCUT2D eigenvalue weighted by Gasteiger charge is -2.30. The van der Waals surface area contributed by atoms with Gasteiger partial charge < -0.3 is 15.3 Å². The smallest absolute Gasteiger partial charge is 0.311 e. The van der Waals surface area contributed by atoms with Crippen molar-refractivity contribution < 1.29 is 10.0 Å². The van der Waals surface area contributed by atoms with Crippen molar-refractivity contribution in [2.75, 3.05) is 23.3 Å². The largest absolute Gasteiger partial charge is 0.393 e. The first kappa shape index (κ1) is 21.2. The highest BCUT2D eigenvalue weighted by Crippen LogP contribution is 2.31. The molecule has 0 aliphatic carbocycles. The number of benzene rings is 1. The van der Waals surface area contributed by atoms with Crippen molar-refractivity contribution in [1.82, 2.24) is 9.97 Å². The molecule has 1 aromatic carbocycles. The number of piperidine rings is 1. The van der Waals surface area contributed by atoms with Crippen LogP contribution < -0.4 is 10.2 Å².